The largest absolute Gasteiger partial charge is 0.464 e. The van der Waals surface area contributed by atoms with Gasteiger partial charge in [0.1, 0.15) is 0 Å². The molecular formula is C9H14FIO2. The number of halogens is 2. The number of carbonyl (C=O) groups is 1. The van der Waals surface area contributed by atoms with Crippen molar-refractivity contribution >= 4 is 28.6 Å². The second-order valence-corrected chi connectivity index (χ2v) is 4.86. The van der Waals surface area contributed by atoms with Gasteiger partial charge in [0.25, 0.3) is 0 Å². The highest BCUT2D eigenvalue weighted by Gasteiger charge is 2.37. The fourth-order valence-corrected chi connectivity index (χ4v) is 2.83. The molecule has 0 saturated heterocycles. The van der Waals surface area contributed by atoms with Crippen molar-refractivity contribution in [1.82, 2.24) is 0 Å². The second-order valence-electron chi connectivity index (χ2n) is 3.26. The summed E-state index contributed by atoms with van der Waals surface area (Å²) in [5.41, 5.74) is 0. The van der Waals surface area contributed by atoms with Crippen LogP contribution in [-0.4, -0.2) is 22.7 Å². The Balaban J connectivity index is 2.45. The lowest BCUT2D eigenvalue weighted by Gasteiger charge is -2.17. The topological polar surface area (TPSA) is 26.3 Å². The number of ether oxygens (including phenoxy) is 1. The summed E-state index contributed by atoms with van der Waals surface area (Å²) in [6.07, 6.45) is 1.45. The Morgan fingerprint density at radius 1 is 1.69 bits per heavy atom. The van der Waals surface area contributed by atoms with Crippen molar-refractivity contribution in [3.8, 4) is 0 Å². The van der Waals surface area contributed by atoms with Crippen LogP contribution in [0.2, 0.25) is 0 Å². The molecule has 13 heavy (non-hydrogen) atoms. The van der Waals surface area contributed by atoms with Crippen molar-refractivity contribution < 1.29 is 13.9 Å². The van der Waals surface area contributed by atoms with Gasteiger partial charge >= 0.3 is 5.97 Å². The molecule has 0 radical (unpaired) electrons. The van der Waals surface area contributed by atoms with Crippen molar-refractivity contribution in [2.75, 3.05) is 6.61 Å². The zero-order valence-corrected chi connectivity index (χ0v) is 9.79. The van der Waals surface area contributed by atoms with E-state index in [1.807, 2.05) is 0 Å². The zero-order valence-electron chi connectivity index (χ0n) is 7.63. The monoisotopic (exact) mass is 300 g/mol. The Hall–Kier alpha value is 0.130. The van der Waals surface area contributed by atoms with E-state index in [0.29, 0.717) is 0 Å². The van der Waals surface area contributed by atoms with Crippen LogP contribution in [0.1, 0.15) is 26.2 Å². The Labute approximate surface area is 91.4 Å². The van der Waals surface area contributed by atoms with Crippen LogP contribution in [0.3, 0.4) is 0 Å². The summed E-state index contributed by atoms with van der Waals surface area (Å²) in [6.45, 7) is 1.96. The molecule has 0 aliphatic heterocycles. The lowest BCUT2D eigenvalue weighted by Crippen LogP contribution is -2.30. The molecule has 2 nitrogen and oxygen atoms in total. The molecule has 1 unspecified atom stereocenters. The minimum atomic E-state index is -1.41. The van der Waals surface area contributed by atoms with Crippen molar-refractivity contribution in [1.29, 1.82) is 0 Å². The predicted octanol–water partition coefficient (Wildman–Crippen LogP) is 2.49. The minimum Gasteiger partial charge on any atom is -0.464 e. The van der Waals surface area contributed by atoms with E-state index < -0.39 is 12.1 Å². The van der Waals surface area contributed by atoms with Crippen LogP contribution < -0.4 is 0 Å². The number of carbonyl (C=O) groups excluding carboxylic acids is 1. The number of hydrogen-bond donors (Lipinski definition) is 0. The van der Waals surface area contributed by atoms with Gasteiger partial charge in [-0.1, -0.05) is 29.0 Å². The molecule has 3 atom stereocenters. The number of alkyl halides is 2. The van der Waals surface area contributed by atoms with Gasteiger partial charge in [0, 0.05) is 9.84 Å². The second kappa shape index (κ2) is 5.12. The van der Waals surface area contributed by atoms with Gasteiger partial charge in [-0.15, -0.1) is 0 Å². The third kappa shape index (κ3) is 2.79. The van der Waals surface area contributed by atoms with Crippen LogP contribution >= 0.6 is 22.6 Å². The molecule has 0 spiro atoms. The van der Waals surface area contributed by atoms with Gasteiger partial charge in [-0.2, -0.15) is 0 Å². The van der Waals surface area contributed by atoms with Gasteiger partial charge in [0.2, 0.25) is 6.17 Å². The summed E-state index contributed by atoms with van der Waals surface area (Å²) in [5.74, 6) is -0.810. The van der Waals surface area contributed by atoms with Crippen LogP contribution in [0, 0.1) is 5.92 Å². The highest BCUT2D eigenvalue weighted by atomic mass is 127. The van der Waals surface area contributed by atoms with Crippen molar-refractivity contribution in [3.63, 3.8) is 0 Å². The van der Waals surface area contributed by atoms with Gasteiger partial charge < -0.3 is 4.74 Å². The Morgan fingerprint density at radius 2 is 2.38 bits per heavy atom. The molecule has 1 aliphatic rings. The van der Waals surface area contributed by atoms with Gasteiger partial charge in [0.05, 0.1) is 6.61 Å². The van der Waals surface area contributed by atoms with Gasteiger partial charge in [0.15, 0.2) is 0 Å². The maximum atomic E-state index is 13.5. The van der Waals surface area contributed by atoms with Crippen LogP contribution in [-0.2, 0) is 9.53 Å². The fourth-order valence-electron chi connectivity index (χ4n) is 1.67. The first-order valence-corrected chi connectivity index (χ1v) is 5.86. The van der Waals surface area contributed by atoms with E-state index in [1.165, 1.54) is 0 Å². The molecule has 1 rings (SSSR count). The molecule has 1 aliphatic carbocycles. The molecule has 76 valence electrons. The Kier molecular flexibility index (Phi) is 4.41. The van der Waals surface area contributed by atoms with E-state index in [0.717, 1.165) is 19.3 Å². The van der Waals surface area contributed by atoms with Crippen LogP contribution in [0.15, 0.2) is 0 Å². The average Bonchev–Trinajstić information content (AvgIpc) is 2.50. The van der Waals surface area contributed by atoms with E-state index in [2.05, 4.69) is 27.3 Å². The first-order chi connectivity index (χ1) is 6.16. The minimum absolute atomic E-state index is 0.125. The van der Waals surface area contributed by atoms with E-state index in [-0.39, 0.29) is 16.4 Å². The van der Waals surface area contributed by atoms with Crippen molar-refractivity contribution in [2.24, 2.45) is 5.92 Å². The number of rotatable bonds is 3. The summed E-state index contributed by atoms with van der Waals surface area (Å²) in [4.78, 5) is 11.1. The quantitative estimate of drug-likeness (QED) is 0.455. The fraction of sp³-hybridized carbons (Fsp3) is 0.889. The van der Waals surface area contributed by atoms with E-state index in [1.54, 1.807) is 6.92 Å². The third-order valence-electron chi connectivity index (χ3n) is 2.37. The van der Waals surface area contributed by atoms with Gasteiger partial charge in [-0.3, -0.25) is 0 Å². The first-order valence-electron chi connectivity index (χ1n) is 4.61. The Bertz CT molecular complexity index is 186. The standard InChI is InChI=1S/C9H14FIO2/c1-2-13-9(12)8(10)6-4-3-5-7(6)11/h6-8H,2-5H2,1H3/t6-,7-,8?/m1/s1. The third-order valence-corrected chi connectivity index (χ3v) is 3.92. The highest BCUT2D eigenvalue weighted by Crippen LogP contribution is 2.35. The Morgan fingerprint density at radius 3 is 2.85 bits per heavy atom. The normalized spacial score (nSPS) is 30.1. The van der Waals surface area contributed by atoms with Crippen molar-refractivity contribution in [3.05, 3.63) is 0 Å². The molecule has 1 fully saturated rings. The first kappa shape index (κ1) is 11.2. The number of hydrogen-bond acceptors (Lipinski definition) is 2. The average molecular weight is 300 g/mol. The van der Waals surface area contributed by atoms with Gasteiger partial charge in [-0.25, -0.2) is 9.18 Å². The molecule has 0 aromatic heterocycles. The summed E-state index contributed by atoms with van der Waals surface area (Å²) in [5, 5.41) is 0. The smallest absolute Gasteiger partial charge is 0.341 e. The van der Waals surface area contributed by atoms with E-state index >= 15 is 0 Å². The van der Waals surface area contributed by atoms with Crippen molar-refractivity contribution in [2.45, 2.75) is 36.3 Å². The summed E-state index contributed by atoms with van der Waals surface area (Å²) in [6, 6.07) is 0. The molecule has 0 bridgehead atoms. The van der Waals surface area contributed by atoms with Gasteiger partial charge in [-0.05, 0) is 19.8 Å². The maximum Gasteiger partial charge on any atom is 0.341 e. The molecule has 0 N–H and O–H groups in total. The lowest BCUT2D eigenvalue weighted by molar-refractivity contribution is -0.151. The van der Waals surface area contributed by atoms with Crippen LogP contribution in [0.5, 0.6) is 0 Å². The molecular weight excluding hydrogens is 286 g/mol. The van der Waals surface area contributed by atoms with E-state index in [9.17, 15) is 9.18 Å². The molecule has 4 heteroatoms. The predicted molar refractivity (Wildman–Crippen MR) is 56.7 cm³/mol. The highest BCUT2D eigenvalue weighted by molar-refractivity contribution is 14.1. The zero-order chi connectivity index (χ0) is 9.84. The lowest BCUT2D eigenvalue weighted by atomic mass is 10.0. The van der Waals surface area contributed by atoms with Crippen LogP contribution in [0.4, 0.5) is 4.39 Å². The number of esters is 1. The SMILES string of the molecule is CCOC(=O)C(F)[C@@H]1CCC[C@H]1I. The van der Waals surface area contributed by atoms with Crippen LogP contribution in [0.25, 0.3) is 0 Å². The van der Waals surface area contributed by atoms with E-state index in [4.69, 9.17) is 0 Å². The summed E-state index contributed by atoms with van der Waals surface area (Å²) < 4.78 is 18.4. The molecule has 0 aromatic rings. The maximum absolute atomic E-state index is 13.5. The molecule has 0 amide bonds. The summed E-state index contributed by atoms with van der Waals surface area (Å²) >= 11 is 2.22. The molecule has 1 saturated carbocycles. The molecule has 0 heterocycles. The summed E-state index contributed by atoms with van der Waals surface area (Å²) in [7, 11) is 0. The molecule has 0 aromatic carbocycles.